The van der Waals surface area contributed by atoms with Gasteiger partial charge in [0.15, 0.2) is 0 Å². The van der Waals surface area contributed by atoms with E-state index in [1.54, 1.807) is 31.3 Å². The molecular weight excluding hydrogens is 354 g/mol. The van der Waals surface area contributed by atoms with Gasteiger partial charge in [-0.25, -0.2) is 4.79 Å². The topological polar surface area (TPSA) is 68.7 Å². The van der Waals surface area contributed by atoms with Gasteiger partial charge in [0, 0.05) is 17.8 Å². The molecule has 2 aromatic carbocycles. The molecule has 0 aliphatic carbocycles. The Labute approximate surface area is 165 Å². The minimum absolute atomic E-state index is 0.174. The van der Waals surface area contributed by atoms with Crippen LogP contribution in [0.5, 0.6) is 11.5 Å². The first-order valence-electron chi connectivity index (χ1n) is 9.21. The predicted molar refractivity (Wildman–Crippen MR) is 109 cm³/mol. The fraction of sp³-hybridized carbons (Fsp3) is 0.217. The van der Waals surface area contributed by atoms with Gasteiger partial charge >= 0.3 is 5.97 Å². The molecular formula is C23H25NO4. The van der Waals surface area contributed by atoms with E-state index in [0.717, 1.165) is 5.69 Å². The van der Waals surface area contributed by atoms with Gasteiger partial charge in [0.05, 0.1) is 11.3 Å². The quantitative estimate of drug-likeness (QED) is 0.605. The Morgan fingerprint density at radius 2 is 1.61 bits per heavy atom. The van der Waals surface area contributed by atoms with Crippen LogP contribution in [0.2, 0.25) is 0 Å². The van der Waals surface area contributed by atoms with Crippen LogP contribution in [0.4, 0.5) is 0 Å². The van der Waals surface area contributed by atoms with Gasteiger partial charge < -0.3 is 14.6 Å². The van der Waals surface area contributed by atoms with Crippen LogP contribution in [0.25, 0.3) is 0 Å². The molecule has 1 heterocycles. The number of benzene rings is 2. The zero-order chi connectivity index (χ0) is 20.4. The van der Waals surface area contributed by atoms with Gasteiger partial charge in [-0.15, -0.1) is 0 Å². The molecule has 5 heteroatoms. The van der Waals surface area contributed by atoms with Crippen molar-refractivity contribution in [1.29, 1.82) is 0 Å². The Kier molecular flexibility index (Phi) is 8.03. The van der Waals surface area contributed by atoms with E-state index in [4.69, 9.17) is 9.47 Å². The van der Waals surface area contributed by atoms with E-state index < -0.39 is 5.97 Å². The maximum atomic E-state index is 11.4. The van der Waals surface area contributed by atoms with Crippen molar-refractivity contribution in [3.63, 3.8) is 0 Å². The molecule has 5 nitrogen and oxygen atoms in total. The summed E-state index contributed by atoms with van der Waals surface area (Å²) in [6.07, 6.45) is 1.72. The highest BCUT2D eigenvalue weighted by Gasteiger charge is 2.13. The van der Waals surface area contributed by atoms with Gasteiger partial charge in [-0.3, -0.25) is 4.98 Å². The molecule has 0 fully saturated rings. The Hall–Kier alpha value is -3.34. The molecule has 3 rings (SSSR count). The Morgan fingerprint density at radius 3 is 2.25 bits per heavy atom. The number of nitrogens with zero attached hydrogens (tertiary/aromatic N) is 1. The number of aromatic carboxylic acids is 1. The lowest BCUT2D eigenvalue weighted by Crippen LogP contribution is -2.08. The second kappa shape index (κ2) is 10.7. The second-order valence-corrected chi connectivity index (χ2v) is 5.79. The van der Waals surface area contributed by atoms with Gasteiger partial charge in [-0.05, 0) is 36.8 Å². The smallest absolute Gasteiger partial charge is 0.336 e. The van der Waals surface area contributed by atoms with E-state index in [1.165, 1.54) is 0 Å². The average molecular weight is 379 g/mol. The Balaban J connectivity index is 0.00000136. The van der Waals surface area contributed by atoms with Crippen LogP contribution >= 0.6 is 0 Å². The molecule has 0 atom stereocenters. The molecule has 0 aliphatic heterocycles. The Morgan fingerprint density at radius 1 is 0.929 bits per heavy atom. The summed E-state index contributed by atoms with van der Waals surface area (Å²) in [6, 6.07) is 18.3. The molecule has 0 amide bonds. The number of aromatic nitrogens is 1. The zero-order valence-electron chi connectivity index (χ0n) is 16.4. The lowest BCUT2D eigenvalue weighted by molar-refractivity contribution is 0.0693. The van der Waals surface area contributed by atoms with Crippen molar-refractivity contribution in [2.45, 2.75) is 34.0 Å². The Bertz CT molecular complexity index is 894. The summed E-state index contributed by atoms with van der Waals surface area (Å²) in [6.45, 7) is 6.32. The van der Waals surface area contributed by atoms with E-state index >= 15 is 0 Å². The first-order valence-corrected chi connectivity index (χ1v) is 9.21. The number of hydrogen-bond donors (Lipinski definition) is 1. The summed E-state index contributed by atoms with van der Waals surface area (Å²) in [4.78, 5) is 15.7. The summed E-state index contributed by atoms with van der Waals surface area (Å²) in [5.41, 5.74) is 2.48. The van der Waals surface area contributed by atoms with Crippen molar-refractivity contribution in [3.05, 3.63) is 89.2 Å². The third-order valence-electron chi connectivity index (χ3n) is 3.89. The molecule has 0 saturated heterocycles. The third kappa shape index (κ3) is 5.84. The highest BCUT2D eigenvalue weighted by molar-refractivity contribution is 5.91. The van der Waals surface area contributed by atoms with E-state index in [9.17, 15) is 9.90 Å². The lowest BCUT2D eigenvalue weighted by atomic mass is 10.0. The average Bonchev–Trinajstić information content (AvgIpc) is 2.73. The maximum absolute atomic E-state index is 11.4. The van der Waals surface area contributed by atoms with Crippen molar-refractivity contribution >= 4 is 5.97 Å². The lowest BCUT2D eigenvalue weighted by Gasteiger charge is -2.12. The fourth-order valence-corrected chi connectivity index (χ4v) is 2.61. The standard InChI is InChI=1S/C21H19NO4.C2H6/c1-15-6-4-7-16(20(15)21(23)24)13-25-18-9-5-10-19(12-18)26-14-17-8-2-3-11-22-17;1-2/h2-12H,13-14H2,1H3,(H,23,24);1-2H3. The van der Waals surface area contributed by atoms with Gasteiger partial charge in [-0.1, -0.05) is 44.2 Å². The van der Waals surface area contributed by atoms with E-state index in [2.05, 4.69) is 4.98 Å². The van der Waals surface area contributed by atoms with Crippen LogP contribution in [0.1, 0.15) is 41.0 Å². The summed E-state index contributed by atoms with van der Waals surface area (Å²) >= 11 is 0. The van der Waals surface area contributed by atoms with Crippen LogP contribution in [0.15, 0.2) is 66.9 Å². The molecule has 1 aromatic heterocycles. The van der Waals surface area contributed by atoms with Gasteiger partial charge in [0.1, 0.15) is 24.7 Å². The number of pyridine rings is 1. The van der Waals surface area contributed by atoms with Crippen LogP contribution < -0.4 is 9.47 Å². The second-order valence-electron chi connectivity index (χ2n) is 5.79. The van der Waals surface area contributed by atoms with Crippen LogP contribution in [0.3, 0.4) is 0 Å². The maximum Gasteiger partial charge on any atom is 0.336 e. The summed E-state index contributed by atoms with van der Waals surface area (Å²) in [5.74, 6) is 0.325. The first kappa shape index (κ1) is 21.0. The molecule has 146 valence electrons. The van der Waals surface area contributed by atoms with Gasteiger partial charge in [-0.2, -0.15) is 0 Å². The van der Waals surface area contributed by atoms with Crippen molar-refractivity contribution < 1.29 is 19.4 Å². The molecule has 0 saturated carbocycles. The fourth-order valence-electron chi connectivity index (χ4n) is 2.61. The van der Waals surface area contributed by atoms with E-state index in [1.807, 2.05) is 56.3 Å². The number of carboxylic acid groups (broad SMARTS) is 1. The predicted octanol–water partition coefficient (Wildman–Crippen LogP) is 5.27. The van der Waals surface area contributed by atoms with E-state index in [0.29, 0.717) is 29.2 Å². The molecule has 0 radical (unpaired) electrons. The minimum Gasteiger partial charge on any atom is -0.489 e. The molecule has 3 aromatic rings. The van der Waals surface area contributed by atoms with Crippen LogP contribution in [-0.4, -0.2) is 16.1 Å². The molecule has 0 aliphatic rings. The number of carboxylic acids is 1. The van der Waals surface area contributed by atoms with Crippen molar-refractivity contribution in [2.75, 3.05) is 0 Å². The number of ether oxygens (including phenoxy) is 2. The summed E-state index contributed by atoms with van der Waals surface area (Å²) < 4.78 is 11.5. The van der Waals surface area contributed by atoms with Crippen LogP contribution in [0, 0.1) is 6.92 Å². The number of hydrogen-bond acceptors (Lipinski definition) is 4. The molecule has 0 bridgehead atoms. The SMILES string of the molecule is CC.Cc1cccc(COc2cccc(OCc3ccccn3)c2)c1C(=O)O. The van der Waals surface area contributed by atoms with Crippen molar-refractivity contribution in [1.82, 2.24) is 4.98 Å². The summed E-state index contributed by atoms with van der Waals surface area (Å²) in [7, 11) is 0. The van der Waals surface area contributed by atoms with Gasteiger partial charge in [0.2, 0.25) is 0 Å². The number of carbonyl (C=O) groups is 1. The van der Waals surface area contributed by atoms with Crippen molar-refractivity contribution in [2.24, 2.45) is 0 Å². The number of rotatable bonds is 7. The number of aryl methyl sites for hydroxylation is 1. The zero-order valence-corrected chi connectivity index (χ0v) is 16.4. The summed E-state index contributed by atoms with van der Waals surface area (Å²) in [5, 5.41) is 9.38. The van der Waals surface area contributed by atoms with Crippen molar-refractivity contribution in [3.8, 4) is 11.5 Å². The normalized spacial score (nSPS) is 9.82. The largest absolute Gasteiger partial charge is 0.489 e. The molecule has 0 unspecified atom stereocenters. The highest BCUT2D eigenvalue weighted by atomic mass is 16.5. The molecule has 28 heavy (non-hydrogen) atoms. The van der Waals surface area contributed by atoms with Gasteiger partial charge in [0.25, 0.3) is 0 Å². The monoisotopic (exact) mass is 379 g/mol. The molecule has 1 N–H and O–H groups in total. The molecule has 0 spiro atoms. The highest BCUT2D eigenvalue weighted by Crippen LogP contribution is 2.22. The first-order chi connectivity index (χ1) is 13.6. The van der Waals surface area contributed by atoms with Crippen LogP contribution in [-0.2, 0) is 13.2 Å². The minimum atomic E-state index is -0.950. The third-order valence-corrected chi connectivity index (χ3v) is 3.89. The van der Waals surface area contributed by atoms with E-state index in [-0.39, 0.29) is 12.2 Å².